The summed E-state index contributed by atoms with van der Waals surface area (Å²) in [7, 11) is 5.85. The summed E-state index contributed by atoms with van der Waals surface area (Å²) < 4.78 is 11.2. The van der Waals surface area contributed by atoms with Crippen LogP contribution in [0.25, 0.3) is 0 Å². The Labute approximate surface area is 161 Å². The highest BCUT2D eigenvalue weighted by atomic mass is 16.6. The molecule has 1 aromatic rings. The molecule has 4 atom stereocenters. The van der Waals surface area contributed by atoms with E-state index in [1.807, 2.05) is 6.92 Å². The summed E-state index contributed by atoms with van der Waals surface area (Å²) in [6, 6.07) is 6.35. The normalized spacial score (nSPS) is 27.4. The molecule has 0 bridgehead atoms. The lowest BCUT2D eigenvalue weighted by molar-refractivity contribution is -0.0233. The molecule has 0 aromatic heterocycles. The third-order valence-corrected chi connectivity index (χ3v) is 5.24. The fourth-order valence-electron chi connectivity index (χ4n) is 3.68. The highest BCUT2D eigenvalue weighted by molar-refractivity contribution is 6.21. The molecule has 0 spiro atoms. The Kier molecular flexibility index (Phi) is 6.68. The zero-order valence-electron chi connectivity index (χ0n) is 15.7. The van der Waals surface area contributed by atoms with Crippen LogP contribution in [-0.4, -0.2) is 67.1 Å². The lowest BCUT2D eigenvalue weighted by atomic mass is 9.92. The molecule has 27 heavy (non-hydrogen) atoms. The van der Waals surface area contributed by atoms with Crippen LogP contribution < -0.4 is 0 Å². The fraction of sp³-hybridized carbons (Fsp3) is 0.600. The van der Waals surface area contributed by atoms with Gasteiger partial charge in [-0.05, 0) is 31.4 Å². The van der Waals surface area contributed by atoms with Crippen molar-refractivity contribution < 1.29 is 24.2 Å². The Hall–Kier alpha value is -1.70. The summed E-state index contributed by atoms with van der Waals surface area (Å²) in [6.07, 6.45) is 2.68. The first-order valence-electron chi connectivity index (χ1n) is 9.70. The molecular formula is C20H26BNO5. The highest BCUT2D eigenvalue weighted by Gasteiger charge is 2.40. The number of fused-ring (bicyclic) bond motifs is 1. The minimum absolute atomic E-state index is 0.200. The summed E-state index contributed by atoms with van der Waals surface area (Å²) in [6.45, 7) is 2.88. The minimum atomic E-state index is -0.682. The van der Waals surface area contributed by atoms with Gasteiger partial charge in [0.25, 0.3) is 11.8 Å². The first-order chi connectivity index (χ1) is 13.0. The van der Waals surface area contributed by atoms with Crippen LogP contribution in [-0.2, 0) is 9.47 Å². The molecule has 0 aliphatic carbocycles. The summed E-state index contributed by atoms with van der Waals surface area (Å²) in [5.74, 6) is -0.401. The number of hydrogen-bond donors (Lipinski definition) is 1. The van der Waals surface area contributed by atoms with Gasteiger partial charge in [0, 0.05) is 19.2 Å². The van der Waals surface area contributed by atoms with Crippen LogP contribution in [0.4, 0.5) is 0 Å². The van der Waals surface area contributed by atoms with E-state index >= 15 is 0 Å². The van der Waals surface area contributed by atoms with Gasteiger partial charge in [-0.2, -0.15) is 0 Å². The smallest absolute Gasteiger partial charge is 0.261 e. The molecule has 3 rings (SSSR count). The Balaban J connectivity index is 1.32. The van der Waals surface area contributed by atoms with E-state index in [2.05, 4.69) is 0 Å². The van der Waals surface area contributed by atoms with Crippen molar-refractivity contribution in [3.63, 3.8) is 0 Å². The third-order valence-electron chi connectivity index (χ3n) is 5.24. The first-order valence-corrected chi connectivity index (χ1v) is 9.70. The fourth-order valence-corrected chi connectivity index (χ4v) is 3.68. The maximum atomic E-state index is 12.3. The van der Waals surface area contributed by atoms with Crippen LogP contribution in [0, 0.1) is 0 Å². The second-order valence-electron chi connectivity index (χ2n) is 7.10. The predicted octanol–water partition coefficient (Wildman–Crippen LogP) is 1.89. The van der Waals surface area contributed by atoms with Crippen molar-refractivity contribution in [3.05, 3.63) is 35.4 Å². The number of carbonyl (C=O) groups is 2. The predicted molar refractivity (Wildman–Crippen MR) is 101 cm³/mol. The average molecular weight is 371 g/mol. The van der Waals surface area contributed by atoms with Gasteiger partial charge < -0.3 is 14.6 Å². The van der Waals surface area contributed by atoms with Gasteiger partial charge in [0.15, 0.2) is 0 Å². The van der Waals surface area contributed by atoms with Gasteiger partial charge in [-0.15, -0.1) is 0 Å². The van der Waals surface area contributed by atoms with Crippen LogP contribution in [0.1, 0.15) is 59.7 Å². The number of aliphatic hydroxyl groups excluding tert-OH is 1. The zero-order chi connectivity index (χ0) is 19.4. The van der Waals surface area contributed by atoms with Crippen LogP contribution in [0.15, 0.2) is 24.3 Å². The van der Waals surface area contributed by atoms with Crippen LogP contribution >= 0.6 is 0 Å². The van der Waals surface area contributed by atoms with Crippen molar-refractivity contribution in [1.29, 1.82) is 0 Å². The number of rotatable bonds is 9. The first kappa shape index (κ1) is 20.0. The Morgan fingerprint density at radius 2 is 1.74 bits per heavy atom. The van der Waals surface area contributed by atoms with Crippen molar-refractivity contribution in [3.8, 4) is 0 Å². The summed E-state index contributed by atoms with van der Waals surface area (Å²) >= 11 is 0. The quantitative estimate of drug-likeness (QED) is 0.408. The molecule has 144 valence electrons. The van der Waals surface area contributed by atoms with Crippen LogP contribution in [0.2, 0.25) is 0 Å². The van der Waals surface area contributed by atoms with Gasteiger partial charge >= 0.3 is 0 Å². The number of hydrogen-bond acceptors (Lipinski definition) is 5. The topological polar surface area (TPSA) is 76.1 Å². The second-order valence-corrected chi connectivity index (χ2v) is 7.10. The molecule has 2 amide bonds. The van der Waals surface area contributed by atoms with Crippen molar-refractivity contribution in [2.75, 3.05) is 13.2 Å². The lowest BCUT2D eigenvalue weighted by Gasteiger charge is -2.19. The maximum Gasteiger partial charge on any atom is 0.261 e. The molecule has 6 nitrogen and oxygen atoms in total. The molecule has 1 N–H and O–H groups in total. The monoisotopic (exact) mass is 371 g/mol. The largest absolute Gasteiger partial charge is 0.388 e. The number of carbonyl (C=O) groups excluding carboxylic acids is 2. The average Bonchev–Trinajstić information content (AvgIpc) is 3.09. The van der Waals surface area contributed by atoms with Crippen molar-refractivity contribution in [1.82, 2.24) is 4.90 Å². The molecule has 2 aliphatic heterocycles. The SMILES string of the molecule is [B][C@@H]1O[C@H](CC)[C@H](O)C1OCCCCCCN1C(=O)c2ccccc2C1=O. The van der Waals surface area contributed by atoms with Crippen molar-refractivity contribution in [2.45, 2.75) is 63.3 Å². The molecule has 1 aromatic carbocycles. The van der Waals surface area contributed by atoms with Gasteiger partial charge in [0.2, 0.25) is 0 Å². The third kappa shape index (κ3) is 4.26. The van der Waals surface area contributed by atoms with E-state index in [1.54, 1.807) is 24.3 Å². The molecule has 1 fully saturated rings. The second kappa shape index (κ2) is 9.00. The molecular weight excluding hydrogens is 345 g/mol. The number of unbranched alkanes of at least 4 members (excludes halogenated alkanes) is 3. The van der Waals surface area contributed by atoms with Gasteiger partial charge in [-0.1, -0.05) is 31.9 Å². The molecule has 0 saturated carbocycles. The molecule has 7 heteroatoms. The summed E-state index contributed by atoms with van der Waals surface area (Å²) in [5.41, 5.74) is 0.991. The number of imide groups is 1. The van der Waals surface area contributed by atoms with E-state index in [0.717, 1.165) is 25.7 Å². The summed E-state index contributed by atoms with van der Waals surface area (Å²) in [4.78, 5) is 25.9. The number of benzene rings is 1. The molecule has 2 heterocycles. The van der Waals surface area contributed by atoms with E-state index in [9.17, 15) is 14.7 Å². The maximum absolute atomic E-state index is 12.3. The zero-order valence-corrected chi connectivity index (χ0v) is 15.7. The van der Waals surface area contributed by atoms with Gasteiger partial charge in [-0.3, -0.25) is 14.5 Å². The Bertz CT molecular complexity index is 647. The molecule has 1 saturated heterocycles. The standard InChI is InChI=1S/C20H26BNO5/c1-2-15-16(23)17(18(21)27-15)26-12-8-4-3-7-11-22-19(24)13-9-5-6-10-14(13)20(22)25/h5-6,9-10,15-18,23H,2-4,7-8,11-12H2,1H3/t15-,16+,17?,18-/m1/s1. The van der Waals surface area contributed by atoms with E-state index in [4.69, 9.17) is 17.3 Å². The van der Waals surface area contributed by atoms with Gasteiger partial charge in [0.05, 0.1) is 17.2 Å². The van der Waals surface area contributed by atoms with Crippen LogP contribution in [0.5, 0.6) is 0 Å². The van der Waals surface area contributed by atoms with Crippen molar-refractivity contribution in [2.24, 2.45) is 0 Å². The number of ether oxygens (including phenoxy) is 2. The molecule has 1 unspecified atom stereocenters. The highest BCUT2D eigenvalue weighted by Crippen LogP contribution is 2.25. The van der Waals surface area contributed by atoms with E-state index in [0.29, 0.717) is 30.7 Å². The lowest BCUT2D eigenvalue weighted by Crippen LogP contribution is -2.35. The van der Waals surface area contributed by atoms with Crippen molar-refractivity contribution >= 4 is 19.7 Å². The Morgan fingerprint density at radius 3 is 2.33 bits per heavy atom. The van der Waals surface area contributed by atoms with E-state index in [1.165, 1.54) is 4.90 Å². The van der Waals surface area contributed by atoms with Gasteiger partial charge in [-0.25, -0.2) is 0 Å². The number of nitrogens with zero attached hydrogens (tertiary/aromatic N) is 1. The van der Waals surface area contributed by atoms with Gasteiger partial charge in [0.1, 0.15) is 20.1 Å². The van der Waals surface area contributed by atoms with E-state index in [-0.39, 0.29) is 17.9 Å². The molecule has 2 aliphatic rings. The number of aliphatic hydroxyl groups is 1. The van der Waals surface area contributed by atoms with E-state index < -0.39 is 18.2 Å². The minimum Gasteiger partial charge on any atom is -0.388 e. The number of amides is 2. The van der Waals surface area contributed by atoms with Crippen LogP contribution in [0.3, 0.4) is 0 Å². The Morgan fingerprint density at radius 1 is 1.11 bits per heavy atom. The molecule has 2 radical (unpaired) electrons. The summed E-state index contributed by atoms with van der Waals surface area (Å²) in [5, 5.41) is 10.1.